The van der Waals surface area contributed by atoms with Crippen LogP contribution in [0.15, 0.2) is 69.9 Å². The van der Waals surface area contributed by atoms with E-state index in [1.54, 1.807) is 6.07 Å². The molecule has 0 amide bonds. The number of sulfone groups is 1. The molecule has 0 atom stereocenters. The van der Waals surface area contributed by atoms with Gasteiger partial charge in [-0.3, -0.25) is 0 Å². The zero-order valence-corrected chi connectivity index (χ0v) is 15.9. The van der Waals surface area contributed by atoms with Crippen LogP contribution in [0.3, 0.4) is 0 Å². The second kappa shape index (κ2) is 6.67. The van der Waals surface area contributed by atoms with Crippen LogP contribution in [-0.2, 0) is 9.84 Å². The lowest BCUT2D eigenvalue weighted by molar-refractivity contribution is 0.598. The van der Waals surface area contributed by atoms with Crippen molar-refractivity contribution in [2.24, 2.45) is 0 Å². The summed E-state index contributed by atoms with van der Waals surface area (Å²) in [6.45, 7) is 0. The molecule has 0 N–H and O–H groups in total. The fraction of sp³-hybridized carbons (Fsp3) is 0. The van der Waals surface area contributed by atoms with Crippen LogP contribution in [-0.4, -0.2) is 13.4 Å². The van der Waals surface area contributed by atoms with Crippen LogP contribution in [0.25, 0.3) is 21.3 Å². The van der Waals surface area contributed by atoms with Gasteiger partial charge in [-0.05, 0) is 48.0 Å². The van der Waals surface area contributed by atoms with Crippen molar-refractivity contribution in [1.29, 1.82) is 0 Å². The van der Waals surface area contributed by atoms with Crippen LogP contribution in [0.1, 0.15) is 0 Å². The smallest absolute Gasteiger partial charge is 0.216 e. The van der Waals surface area contributed by atoms with Gasteiger partial charge in [0.25, 0.3) is 0 Å². The van der Waals surface area contributed by atoms with E-state index in [-0.39, 0.29) is 14.7 Å². The summed E-state index contributed by atoms with van der Waals surface area (Å²) in [6, 6.07) is 12.5. The predicted octanol–water partition coefficient (Wildman–Crippen LogP) is 5.73. The summed E-state index contributed by atoms with van der Waals surface area (Å²) in [5.74, 6) is -1.13. The molecule has 27 heavy (non-hydrogen) atoms. The number of hydrogen-bond acceptors (Lipinski definition) is 4. The number of benzene rings is 2. The second-order valence-electron chi connectivity index (χ2n) is 5.74. The molecule has 4 rings (SSSR count). The van der Waals surface area contributed by atoms with Gasteiger partial charge in [-0.2, -0.15) is 0 Å². The Morgan fingerprint density at radius 2 is 1.70 bits per heavy atom. The topological polar surface area (TPSA) is 47.0 Å². The Bertz CT molecular complexity index is 1270. The quantitative estimate of drug-likeness (QED) is 0.424. The van der Waals surface area contributed by atoms with E-state index < -0.39 is 21.5 Å². The number of rotatable bonds is 3. The van der Waals surface area contributed by atoms with Gasteiger partial charge < -0.3 is 0 Å². The van der Waals surface area contributed by atoms with Crippen molar-refractivity contribution in [3.8, 4) is 11.1 Å². The summed E-state index contributed by atoms with van der Waals surface area (Å²) in [5, 5.41) is 0.720. The van der Waals surface area contributed by atoms with Crippen molar-refractivity contribution in [1.82, 2.24) is 4.98 Å². The van der Waals surface area contributed by atoms with Gasteiger partial charge in [-0.25, -0.2) is 22.2 Å². The molecule has 0 aliphatic rings. The molecule has 0 saturated carbocycles. The highest BCUT2D eigenvalue weighted by Gasteiger charge is 2.27. The summed E-state index contributed by atoms with van der Waals surface area (Å²) >= 11 is 6.77. The average molecular weight is 422 g/mol. The van der Waals surface area contributed by atoms with Gasteiger partial charge in [-0.15, -0.1) is 11.3 Å². The second-order valence-corrected chi connectivity index (χ2v) is 9.32. The van der Waals surface area contributed by atoms with Crippen LogP contribution in [0.2, 0.25) is 5.02 Å². The van der Waals surface area contributed by atoms with E-state index in [0.717, 1.165) is 17.5 Å². The van der Waals surface area contributed by atoms with Crippen LogP contribution in [0.5, 0.6) is 0 Å². The predicted molar refractivity (Wildman–Crippen MR) is 102 cm³/mol. The van der Waals surface area contributed by atoms with Crippen molar-refractivity contribution >= 4 is 43.0 Å². The summed E-state index contributed by atoms with van der Waals surface area (Å²) < 4.78 is 54.0. The SMILES string of the molecule is O=S(=O)(c1ccc(Cl)cc1)c1sc2ncc(F)cc2c1-c1cccc(F)c1. The highest BCUT2D eigenvalue weighted by Crippen LogP contribution is 2.43. The first-order chi connectivity index (χ1) is 12.9. The number of thiophene rings is 1. The minimum Gasteiger partial charge on any atom is -0.242 e. The third-order valence-electron chi connectivity index (χ3n) is 3.96. The number of aromatic nitrogens is 1. The minimum atomic E-state index is -3.95. The molecule has 0 unspecified atom stereocenters. The van der Waals surface area contributed by atoms with Crippen LogP contribution < -0.4 is 0 Å². The Labute approximate surface area is 162 Å². The van der Waals surface area contributed by atoms with Crippen LogP contribution >= 0.6 is 22.9 Å². The van der Waals surface area contributed by atoms with E-state index in [1.807, 2.05) is 0 Å². The van der Waals surface area contributed by atoms with Gasteiger partial charge in [-0.1, -0.05) is 23.7 Å². The van der Waals surface area contributed by atoms with E-state index in [4.69, 9.17) is 11.6 Å². The van der Waals surface area contributed by atoms with Crippen molar-refractivity contribution in [2.45, 2.75) is 9.10 Å². The van der Waals surface area contributed by atoms with Gasteiger partial charge >= 0.3 is 0 Å². The lowest BCUT2D eigenvalue weighted by atomic mass is 10.1. The number of fused-ring (bicyclic) bond motifs is 1. The lowest BCUT2D eigenvalue weighted by Crippen LogP contribution is -2.01. The molecule has 0 bridgehead atoms. The highest BCUT2D eigenvalue weighted by molar-refractivity contribution is 7.93. The normalized spacial score (nSPS) is 11.8. The molecule has 136 valence electrons. The Kier molecular flexibility index (Phi) is 4.46. The number of pyridine rings is 1. The van der Waals surface area contributed by atoms with E-state index in [0.29, 0.717) is 20.8 Å². The molecule has 2 aromatic carbocycles. The van der Waals surface area contributed by atoms with E-state index in [2.05, 4.69) is 4.98 Å². The third-order valence-corrected chi connectivity index (χ3v) is 7.62. The first kappa shape index (κ1) is 18.0. The van der Waals surface area contributed by atoms with Gasteiger partial charge in [0.2, 0.25) is 9.84 Å². The highest BCUT2D eigenvalue weighted by atomic mass is 35.5. The Hall–Kier alpha value is -2.35. The Balaban J connectivity index is 2.06. The molecule has 4 aromatic rings. The molecular formula is C19H10ClF2NO2S2. The molecule has 0 radical (unpaired) electrons. The molecule has 0 aliphatic heterocycles. The average Bonchev–Trinajstić information content (AvgIpc) is 3.01. The fourth-order valence-corrected chi connectivity index (χ4v) is 5.94. The van der Waals surface area contributed by atoms with Crippen molar-refractivity contribution in [3.63, 3.8) is 0 Å². The zero-order valence-electron chi connectivity index (χ0n) is 13.5. The Morgan fingerprint density at radius 1 is 0.963 bits per heavy atom. The van der Waals surface area contributed by atoms with E-state index in [1.165, 1.54) is 48.5 Å². The van der Waals surface area contributed by atoms with Crippen molar-refractivity contribution < 1.29 is 17.2 Å². The number of hydrogen-bond donors (Lipinski definition) is 0. The third kappa shape index (κ3) is 3.22. The molecule has 0 aliphatic carbocycles. The van der Waals surface area contributed by atoms with E-state index >= 15 is 0 Å². The lowest BCUT2D eigenvalue weighted by Gasteiger charge is -2.07. The summed E-state index contributed by atoms with van der Waals surface area (Å²) in [5.41, 5.74) is 0.567. The number of halogens is 3. The molecule has 0 fully saturated rings. The summed E-state index contributed by atoms with van der Waals surface area (Å²) in [6.07, 6.45) is 1.02. The van der Waals surface area contributed by atoms with Gasteiger partial charge in [0.1, 0.15) is 20.7 Å². The monoisotopic (exact) mass is 421 g/mol. The molecule has 8 heteroatoms. The largest absolute Gasteiger partial charge is 0.242 e. The molecule has 2 aromatic heterocycles. The molecule has 3 nitrogen and oxygen atoms in total. The maximum Gasteiger partial charge on any atom is 0.216 e. The minimum absolute atomic E-state index is 0.0245. The maximum absolute atomic E-state index is 13.8. The van der Waals surface area contributed by atoms with Gasteiger partial charge in [0.05, 0.1) is 11.1 Å². The zero-order chi connectivity index (χ0) is 19.2. The van der Waals surface area contributed by atoms with Crippen molar-refractivity contribution in [2.75, 3.05) is 0 Å². The molecule has 0 saturated heterocycles. The molecular weight excluding hydrogens is 412 g/mol. The first-order valence-electron chi connectivity index (χ1n) is 7.71. The van der Waals surface area contributed by atoms with E-state index in [9.17, 15) is 17.2 Å². The number of nitrogens with zero attached hydrogens (tertiary/aromatic N) is 1. The first-order valence-corrected chi connectivity index (χ1v) is 10.4. The van der Waals surface area contributed by atoms with Crippen LogP contribution in [0, 0.1) is 11.6 Å². The fourth-order valence-electron chi connectivity index (χ4n) is 2.76. The standard InChI is InChI=1S/C19H10ClF2NO2S2/c20-12-4-6-15(7-5-12)27(24,25)19-17(11-2-1-3-13(21)8-11)16-9-14(22)10-23-18(16)26-19/h1-10H. The molecule has 0 spiro atoms. The van der Waals surface area contributed by atoms with Crippen LogP contribution in [0.4, 0.5) is 8.78 Å². The Morgan fingerprint density at radius 3 is 2.41 bits per heavy atom. The summed E-state index contributed by atoms with van der Waals surface area (Å²) in [7, 11) is -3.95. The van der Waals surface area contributed by atoms with Gasteiger partial charge in [0, 0.05) is 16.0 Å². The molecule has 2 heterocycles. The van der Waals surface area contributed by atoms with Gasteiger partial charge in [0.15, 0.2) is 0 Å². The van der Waals surface area contributed by atoms with Crippen molar-refractivity contribution in [3.05, 3.63) is 77.5 Å². The maximum atomic E-state index is 13.8. The summed E-state index contributed by atoms with van der Waals surface area (Å²) in [4.78, 5) is 4.38.